The maximum atomic E-state index is 11.4. The van der Waals surface area contributed by atoms with Crippen LogP contribution in [0, 0.1) is 0 Å². The molecule has 0 bridgehead atoms. The lowest BCUT2D eigenvalue weighted by atomic mass is 10.4. The van der Waals surface area contributed by atoms with E-state index < -0.39 is 10.0 Å². The predicted octanol–water partition coefficient (Wildman–Crippen LogP) is -0.954. The van der Waals surface area contributed by atoms with E-state index in [1.165, 1.54) is 10.8 Å². The number of nitrogens with zero attached hydrogens (tertiary/aromatic N) is 5. The van der Waals surface area contributed by atoms with Crippen molar-refractivity contribution in [2.75, 3.05) is 0 Å². The largest absolute Gasteiger partial charge is 0.292 e. The van der Waals surface area contributed by atoms with Crippen LogP contribution in [-0.4, -0.2) is 38.6 Å². The van der Waals surface area contributed by atoms with E-state index in [1.54, 1.807) is 0 Å². The highest BCUT2D eigenvalue weighted by Gasteiger charge is 2.34. The summed E-state index contributed by atoms with van der Waals surface area (Å²) in [6, 6.07) is 0.0741. The maximum Gasteiger partial charge on any atom is 0.273 e. The molecule has 0 aliphatic heterocycles. The lowest BCUT2D eigenvalue weighted by Crippen LogP contribution is -2.18. The van der Waals surface area contributed by atoms with Gasteiger partial charge in [0.2, 0.25) is 0 Å². The summed E-state index contributed by atoms with van der Waals surface area (Å²) in [6.45, 7) is 0. The first-order valence-electron chi connectivity index (χ1n) is 4.91. The lowest BCUT2D eigenvalue weighted by Gasteiger charge is -2.04. The van der Waals surface area contributed by atoms with Gasteiger partial charge in [0.1, 0.15) is 5.69 Å². The number of nitrogens with one attached hydrogen (secondary N) is 1. The molecule has 2 aromatic rings. The van der Waals surface area contributed by atoms with Gasteiger partial charge >= 0.3 is 0 Å². The van der Waals surface area contributed by atoms with Gasteiger partial charge in [-0.05, 0) is 12.8 Å². The van der Waals surface area contributed by atoms with Crippen LogP contribution < -0.4 is 5.14 Å². The van der Waals surface area contributed by atoms with Crippen molar-refractivity contribution >= 4 is 10.0 Å². The number of hydrogen-bond donors (Lipinski definition) is 2. The molecule has 0 amide bonds. The van der Waals surface area contributed by atoms with Gasteiger partial charge in [0.05, 0.1) is 6.20 Å². The molecule has 3 rings (SSSR count). The molecule has 0 aromatic carbocycles. The zero-order chi connectivity index (χ0) is 12.0. The van der Waals surface area contributed by atoms with Gasteiger partial charge in [0, 0.05) is 6.04 Å². The number of H-pyrrole nitrogens is 1. The van der Waals surface area contributed by atoms with Crippen molar-refractivity contribution < 1.29 is 8.42 Å². The van der Waals surface area contributed by atoms with Crippen molar-refractivity contribution in [3.05, 3.63) is 6.20 Å². The summed E-state index contributed by atoms with van der Waals surface area (Å²) in [5.74, 6) is 0.366. The fourth-order valence-corrected chi connectivity index (χ4v) is 2.28. The summed E-state index contributed by atoms with van der Waals surface area (Å²) in [5, 5.41) is 22.3. The molecule has 0 unspecified atom stereocenters. The Labute approximate surface area is 96.1 Å². The lowest BCUT2D eigenvalue weighted by molar-refractivity contribution is 0.567. The summed E-state index contributed by atoms with van der Waals surface area (Å²) in [6.07, 6.45) is 3.21. The summed E-state index contributed by atoms with van der Waals surface area (Å²) in [5.41, 5.74) is 0.444. The van der Waals surface area contributed by atoms with Crippen molar-refractivity contribution in [3.63, 3.8) is 0 Å². The zero-order valence-electron chi connectivity index (χ0n) is 8.61. The highest BCUT2D eigenvalue weighted by atomic mass is 32.2. The number of sulfonamides is 1. The minimum absolute atomic E-state index is 0.0741. The Kier molecular flexibility index (Phi) is 2.03. The molecule has 1 aliphatic rings. The Morgan fingerprint density at radius 2 is 2.18 bits per heavy atom. The zero-order valence-corrected chi connectivity index (χ0v) is 9.42. The number of aromatic amines is 1. The maximum absolute atomic E-state index is 11.4. The third kappa shape index (κ3) is 1.70. The monoisotopic (exact) mass is 255 g/mol. The first-order valence-corrected chi connectivity index (χ1v) is 6.46. The molecule has 0 radical (unpaired) electrons. The molecule has 0 atom stereocenters. The Balaban J connectivity index is 2.21. The van der Waals surface area contributed by atoms with Gasteiger partial charge in [-0.15, -0.1) is 10.2 Å². The molecule has 1 fully saturated rings. The minimum atomic E-state index is -3.88. The smallest absolute Gasteiger partial charge is 0.273 e. The Hall–Kier alpha value is -1.81. The third-order valence-electron chi connectivity index (χ3n) is 2.48. The second-order valence-corrected chi connectivity index (χ2v) is 5.26. The fraction of sp³-hybridized carbons (Fsp3) is 0.429. The highest BCUT2D eigenvalue weighted by Crippen LogP contribution is 2.39. The molecule has 17 heavy (non-hydrogen) atoms. The average molecular weight is 255 g/mol. The average Bonchev–Trinajstić information content (AvgIpc) is 2.81. The molecular weight excluding hydrogens is 246 g/mol. The van der Waals surface area contributed by atoms with Crippen LogP contribution in [0.1, 0.15) is 18.9 Å². The van der Waals surface area contributed by atoms with Crippen LogP contribution >= 0.6 is 0 Å². The summed E-state index contributed by atoms with van der Waals surface area (Å²) in [4.78, 5) is 0. The Bertz CT molecular complexity index is 640. The van der Waals surface area contributed by atoms with E-state index in [9.17, 15) is 8.42 Å². The number of rotatable bonds is 3. The topological polar surface area (TPSA) is 132 Å². The SMILES string of the molecule is NS(=O)(=O)c1nnc(-c2cn[nH]n2)n1C1CC1. The molecular formula is C7H9N7O2S. The van der Waals surface area contributed by atoms with E-state index in [-0.39, 0.29) is 11.2 Å². The Morgan fingerprint density at radius 3 is 2.71 bits per heavy atom. The molecule has 0 spiro atoms. The molecule has 2 heterocycles. The van der Waals surface area contributed by atoms with Crippen LogP contribution in [0.25, 0.3) is 11.5 Å². The van der Waals surface area contributed by atoms with Gasteiger partial charge in [0.15, 0.2) is 5.82 Å². The normalized spacial score (nSPS) is 16.3. The molecule has 2 aromatic heterocycles. The van der Waals surface area contributed by atoms with Crippen LogP contribution in [0.15, 0.2) is 11.4 Å². The molecule has 0 saturated heterocycles. The van der Waals surface area contributed by atoms with Crippen LogP contribution in [-0.2, 0) is 10.0 Å². The van der Waals surface area contributed by atoms with Crippen molar-refractivity contribution in [2.45, 2.75) is 24.0 Å². The number of hydrogen-bond acceptors (Lipinski definition) is 6. The van der Waals surface area contributed by atoms with Crippen molar-refractivity contribution in [2.24, 2.45) is 5.14 Å². The van der Waals surface area contributed by atoms with E-state index in [0.717, 1.165) is 12.8 Å². The molecule has 90 valence electrons. The van der Waals surface area contributed by atoms with E-state index in [2.05, 4.69) is 25.6 Å². The van der Waals surface area contributed by atoms with Crippen molar-refractivity contribution in [1.82, 2.24) is 30.2 Å². The predicted molar refractivity (Wildman–Crippen MR) is 55.0 cm³/mol. The fourth-order valence-electron chi connectivity index (χ4n) is 1.62. The van der Waals surface area contributed by atoms with E-state index in [0.29, 0.717) is 11.5 Å². The summed E-state index contributed by atoms with van der Waals surface area (Å²) >= 11 is 0. The van der Waals surface area contributed by atoms with E-state index in [4.69, 9.17) is 5.14 Å². The van der Waals surface area contributed by atoms with Gasteiger partial charge in [-0.1, -0.05) is 0 Å². The van der Waals surface area contributed by atoms with E-state index >= 15 is 0 Å². The Morgan fingerprint density at radius 1 is 1.41 bits per heavy atom. The van der Waals surface area contributed by atoms with Crippen molar-refractivity contribution in [3.8, 4) is 11.5 Å². The van der Waals surface area contributed by atoms with Gasteiger partial charge in [-0.3, -0.25) is 4.57 Å². The van der Waals surface area contributed by atoms with Crippen molar-refractivity contribution in [1.29, 1.82) is 0 Å². The molecule has 9 nitrogen and oxygen atoms in total. The van der Waals surface area contributed by atoms with Gasteiger partial charge in [-0.2, -0.15) is 15.4 Å². The third-order valence-corrected chi connectivity index (χ3v) is 3.26. The standard InChI is InChI=1S/C7H9N7O2S/c8-17(15,16)7-12-11-6(5-3-9-13-10-5)14(7)4-1-2-4/h3-4H,1-2H2,(H2,8,15,16)(H,9,10,13). The highest BCUT2D eigenvalue weighted by molar-refractivity contribution is 7.89. The molecule has 3 N–H and O–H groups in total. The number of nitrogens with two attached hydrogens (primary N) is 1. The summed E-state index contributed by atoms with van der Waals surface area (Å²) < 4.78 is 24.3. The van der Waals surface area contributed by atoms with Crippen LogP contribution in [0.3, 0.4) is 0 Å². The van der Waals surface area contributed by atoms with Gasteiger partial charge < -0.3 is 0 Å². The molecule has 1 aliphatic carbocycles. The minimum Gasteiger partial charge on any atom is -0.292 e. The first kappa shape index (κ1) is 10.4. The summed E-state index contributed by atoms with van der Waals surface area (Å²) in [7, 11) is -3.88. The number of primary sulfonamides is 1. The van der Waals surface area contributed by atoms with Crippen LogP contribution in [0.2, 0.25) is 0 Å². The second kappa shape index (κ2) is 3.34. The molecule has 10 heteroatoms. The second-order valence-electron chi connectivity index (χ2n) is 3.81. The number of aromatic nitrogens is 6. The molecule has 1 saturated carbocycles. The van der Waals surface area contributed by atoms with Crippen LogP contribution in [0.5, 0.6) is 0 Å². The first-order chi connectivity index (χ1) is 8.07. The van der Waals surface area contributed by atoms with Gasteiger partial charge in [-0.25, -0.2) is 13.6 Å². The quantitative estimate of drug-likeness (QED) is 0.726. The van der Waals surface area contributed by atoms with E-state index in [1.807, 2.05) is 0 Å². The van der Waals surface area contributed by atoms with Gasteiger partial charge in [0.25, 0.3) is 15.2 Å². The van der Waals surface area contributed by atoms with Crippen LogP contribution in [0.4, 0.5) is 0 Å².